The number of carbonyl (C=O) groups is 2. The maximum atomic E-state index is 12.6. The van der Waals surface area contributed by atoms with E-state index in [0.29, 0.717) is 5.56 Å². The van der Waals surface area contributed by atoms with Gasteiger partial charge in [0.1, 0.15) is 12.4 Å². The Morgan fingerprint density at radius 3 is 2.41 bits per heavy atom. The molecule has 1 aromatic carbocycles. The maximum absolute atomic E-state index is 12.6. The van der Waals surface area contributed by atoms with Crippen LogP contribution in [0.4, 0.5) is 4.39 Å². The van der Waals surface area contributed by atoms with Crippen LogP contribution >= 0.6 is 0 Å². The number of halogens is 1. The highest BCUT2D eigenvalue weighted by molar-refractivity contribution is 5.95. The van der Waals surface area contributed by atoms with Gasteiger partial charge in [0.2, 0.25) is 0 Å². The third kappa shape index (κ3) is 4.63. The van der Waals surface area contributed by atoms with Gasteiger partial charge in [-0.15, -0.1) is 0 Å². The lowest BCUT2D eigenvalue weighted by Gasteiger charge is -2.08. The number of nitrogens with one attached hydrogen (secondary N) is 1. The van der Waals surface area contributed by atoms with Crippen molar-refractivity contribution in [2.45, 2.75) is 20.0 Å². The second-order valence-electron chi connectivity index (χ2n) is 3.73. The molecule has 0 spiro atoms. The van der Waals surface area contributed by atoms with Crippen molar-refractivity contribution in [3.63, 3.8) is 0 Å². The third-order valence-corrected chi connectivity index (χ3v) is 1.87. The smallest absolute Gasteiger partial charge is 0.325 e. The average Bonchev–Trinajstić information content (AvgIpc) is 2.26. The van der Waals surface area contributed by atoms with Crippen LogP contribution in [0.3, 0.4) is 0 Å². The molecule has 0 bridgehead atoms. The topological polar surface area (TPSA) is 55.4 Å². The molecule has 0 atom stereocenters. The first-order valence-electron chi connectivity index (χ1n) is 5.22. The molecule has 92 valence electrons. The summed E-state index contributed by atoms with van der Waals surface area (Å²) in [6.07, 6.45) is -0.217. The molecule has 0 heterocycles. The highest BCUT2D eigenvalue weighted by Gasteiger charge is 2.09. The second-order valence-corrected chi connectivity index (χ2v) is 3.73. The summed E-state index contributed by atoms with van der Waals surface area (Å²) in [5.74, 6) is -1.36. The van der Waals surface area contributed by atoms with E-state index in [2.05, 4.69) is 5.32 Å². The second kappa shape index (κ2) is 5.98. The number of benzene rings is 1. The van der Waals surface area contributed by atoms with E-state index in [9.17, 15) is 14.0 Å². The molecular weight excluding hydrogens is 225 g/mol. The number of amides is 1. The van der Waals surface area contributed by atoms with Crippen LogP contribution < -0.4 is 5.32 Å². The fourth-order valence-electron chi connectivity index (χ4n) is 1.16. The molecule has 5 heteroatoms. The van der Waals surface area contributed by atoms with Gasteiger partial charge in [-0.3, -0.25) is 9.59 Å². The van der Waals surface area contributed by atoms with Gasteiger partial charge in [-0.1, -0.05) is 0 Å². The Kier molecular flexibility index (Phi) is 4.63. The summed E-state index contributed by atoms with van der Waals surface area (Å²) in [5.41, 5.74) is 0.295. The molecule has 0 aliphatic carbocycles. The summed E-state index contributed by atoms with van der Waals surface area (Å²) in [5, 5.41) is 2.39. The first-order chi connectivity index (χ1) is 7.99. The normalized spacial score (nSPS) is 10.1. The van der Waals surface area contributed by atoms with E-state index in [0.717, 1.165) is 0 Å². The zero-order valence-corrected chi connectivity index (χ0v) is 9.70. The molecule has 1 rings (SSSR count). The van der Waals surface area contributed by atoms with Crippen molar-refractivity contribution in [3.8, 4) is 0 Å². The highest BCUT2D eigenvalue weighted by atomic mass is 19.1. The van der Waals surface area contributed by atoms with Gasteiger partial charge in [0.05, 0.1) is 6.10 Å². The third-order valence-electron chi connectivity index (χ3n) is 1.87. The van der Waals surface area contributed by atoms with E-state index in [1.165, 1.54) is 24.3 Å². The van der Waals surface area contributed by atoms with Crippen LogP contribution in [0.15, 0.2) is 24.3 Å². The standard InChI is InChI=1S/C12H14FNO3/c1-8(2)17-11(15)7-14-12(16)9-3-5-10(13)6-4-9/h3-6,8H,7H2,1-2H3,(H,14,16). The van der Waals surface area contributed by atoms with Gasteiger partial charge in [-0.25, -0.2) is 4.39 Å². The van der Waals surface area contributed by atoms with E-state index >= 15 is 0 Å². The molecule has 1 N–H and O–H groups in total. The molecule has 0 saturated heterocycles. The van der Waals surface area contributed by atoms with Crippen molar-refractivity contribution < 1.29 is 18.7 Å². The minimum Gasteiger partial charge on any atom is -0.462 e. The van der Waals surface area contributed by atoms with Gasteiger partial charge in [0, 0.05) is 5.56 Å². The minimum absolute atomic E-state index is 0.200. The molecule has 17 heavy (non-hydrogen) atoms. The summed E-state index contributed by atoms with van der Waals surface area (Å²) in [4.78, 5) is 22.7. The predicted molar refractivity (Wildman–Crippen MR) is 60.0 cm³/mol. The van der Waals surface area contributed by atoms with E-state index in [4.69, 9.17) is 4.74 Å². The van der Waals surface area contributed by atoms with Gasteiger partial charge < -0.3 is 10.1 Å². The molecule has 0 aliphatic heterocycles. The SMILES string of the molecule is CC(C)OC(=O)CNC(=O)c1ccc(F)cc1. The molecule has 0 radical (unpaired) electrons. The molecule has 4 nitrogen and oxygen atoms in total. The van der Waals surface area contributed by atoms with Crippen molar-refractivity contribution in [2.24, 2.45) is 0 Å². The molecule has 0 fully saturated rings. The summed E-state index contributed by atoms with van der Waals surface area (Å²) < 4.78 is 17.4. The van der Waals surface area contributed by atoms with Crippen LogP contribution in [-0.4, -0.2) is 24.5 Å². The van der Waals surface area contributed by atoms with Crippen molar-refractivity contribution in [1.82, 2.24) is 5.32 Å². The molecular formula is C12H14FNO3. The number of hydrogen-bond donors (Lipinski definition) is 1. The molecule has 0 saturated carbocycles. The van der Waals surface area contributed by atoms with Crippen molar-refractivity contribution >= 4 is 11.9 Å². The summed E-state index contributed by atoms with van der Waals surface area (Å²) in [7, 11) is 0. The fraction of sp³-hybridized carbons (Fsp3) is 0.333. The van der Waals surface area contributed by atoms with Crippen LogP contribution in [-0.2, 0) is 9.53 Å². The Morgan fingerprint density at radius 1 is 1.29 bits per heavy atom. The zero-order chi connectivity index (χ0) is 12.8. The predicted octanol–water partition coefficient (Wildman–Crippen LogP) is 1.51. The highest BCUT2D eigenvalue weighted by Crippen LogP contribution is 2.02. The van der Waals surface area contributed by atoms with Gasteiger partial charge >= 0.3 is 5.97 Å². The average molecular weight is 239 g/mol. The van der Waals surface area contributed by atoms with Gasteiger partial charge in [-0.05, 0) is 38.1 Å². The quantitative estimate of drug-likeness (QED) is 0.810. The summed E-state index contributed by atoms with van der Waals surface area (Å²) in [6.45, 7) is 3.24. The lowest BCUT2D eigenvalue weighted by atomic mass is 10.2. The Bertz CT molecular complexity index is 401. The zero-order valence-electron chi connectivity index (χ0n) is 9.70. The Balaban J connectivity index is 2.45. The minimum atomic E-state index is -0.504. The summed E-state index contributed by atoms with van der Waals surface area (Å²) in [6, 6.07) is 5.06. The lowest BCUT2D eigenvalue weighted by Crippen LogP contribution is -2.31. The van der Waals surface area contributed by atoms with Crippen molar-refractivity contribution in [3.05, 3.63) is 35.6 Å². The van der Waals surface area contributed by atoms with Gasteiger partial charge in [0.15, 0.2) is 0 Å². The maximum Gasteiger partial charge on any atom is 0.325 e. The van der Waals surface area contributed by atoms with Gasteiger partial charge in [0.25, 0.3) is 5.91 Å². The molecule has 0 aromatic heterocycles. The van der Waals surface area contributed by atoms with E-state index in [-0.39, 0.29) is 12.6 Å². The lowest BCUT2D eigenvalue weighted by molar-refractivity contribution is -0.146. The van der Waals surface area contributed by atoms with E-state index < -0.39 is 17.7 Å². The molecule has 1 amide bonds. The van der Waals surface area contributed by atoms with Gasteiger partial charge in [-0.2, -0.15) is 0 Å². The largest absolute Gasteiger partial charge is 0.462 e. The monoisotopic (exact) mass is 239 g/mol. The number of hydrogen-bond acceptors (Lipinski definition) is 3. The number of esters is 1. The summed E-state index contributed by atoms with van der Waals surface area (Å²) >= 11 is 0. The van der Waals surface area contributed by atoms with E-state index in [1.54, 1.807) is 13.8 Å². The van der Waals surface area contributed by atoms with Crippen LogP contribution in [0.25, 0.3) is 0 Å². The van der Waals surface area contributed by atoms with Crippen LogP contribution in [0.1, 0.15) is 24.2 Å². The van der Waals surface area contributed by atoms with E-state index in [1.807, 2.05) is 0 Å². The Hall–Kier alpha value is -1.91. The first-order valence-corrected chi connectivity index (χ1v) is 5.22. The first kappa shape index (κ1) is 13.2. The molecule has 0 unspecified atom stereocenters. The van der Waals surface area contributed by atoms with Crippen LogP contribution in [0.2, 0.25) is 0 Å². The number of ether oxygens (including phenoxy) is 1. The molecule has 0 aliphatic rings. The Labute approximate surface area is 98.8 Å². The fourth-order valence-corrected chi connectivity index (χ4v) is 1.16. The number of rotatable bonds is 4. The number of carbonyl (C=O) groups excluding carboxylic acids is 2. The van der Waals surface area contributed by atoms with Crippen molar-refractivity contribution in [1.29, 1.82) is 0 Å². The van der Waals surface area contributed by atoms with Crippen molar-refractivity contribution in [2.75, 3.05) is 6.54 Å². The Morgan fingerprint density at radius 2 is 1.88 bits per heavy atom. The molecule has 1 aromatic rings. The van der Waals surface area contributed by atoms with Crippen LogP contribution in [0.5, 0.6) is 0 Å². The van der Waals surface area contributed by atoms with Crippen LogP contribution in [0, 0.1) is 5.82 Å².